The Hall–Kier alpha value is -1.46. The molecule has 1 fully saturated rings. The molecular formula is C10H16N4O2. The van der Waals surface area contributed by atoms with Crippen molar-refractivity contribution in [2.24, 2.45) is 13.0 Å². The molecule has 1 saturated carbocycles. The molecule has 1 heterocycles. The molecule has 0 radical (unpaired) electrons. The second-order valence-electron chi connectivity index (χ2n) is 4.24. The lowest BCUT2D eigenvalue weighted by Gasteiger charge is -2.26. The molecule has 1 aliphatic carbocycles. The first-order chi connectivity index (χ1) is 7.72. The summed E-state index contributed by atoms with van der Waals surface area (Å²) >= 11 is 0. The Morgan fingerprint density at radius 1 is 1.50 bits per heavy atom. The Morgan fingerprint density at radius 2 is 2.31 bits per heavy atom. The van der Waals surface area contributed by atoms with Crippen LogP contribution in [0.2, 0.25) is 0 Å². The van der Waals surface area contributed by atoms with Gasteiger partial charge in [0, 0.05) is 13.0 Å². The van der Waals surface area contributed by atoms with Crippen LogP contribution in [0.3, 0.4) is 0 Å². The highest BCUT2D eigenvalue weighted by Crippen LogP contribution is 2.35. The minimum atomic E-state index is -0.111. The van der Waals surface area contributed by atoms with Gasteiger partial charge in [0.05, 0.1) is 13.0 Å². The Balaban J connectivity index is 2.07. The highest BCUT2D eigenvalue weighted by atomic mass is 16.5. The Labute approximate surface area is 94.0 Å². The van der Waals surface area contributed by atoms with Crippen LogP contribution in [0.5, 0.6) is 0 Å². The molecule has 0 aromatic carbocycles. The van der Waals surface area contributed by atoms with Gasteiger partial charge in [-0.25, -0.2) is 4.68 Å². The number of carbonyl (C=O) groups is 1. The Morgan fingerprint density at radius 3 is 2.94 bits per heavy atom. The van der Waals surface area contributed by atoms with E-state index >= 15 is 0 Å². The molecule has 0 N–H and O–H groups in total. The third kappa shape index (κ3) is 2.05. The van der Waals surface area contributed by atoms with E-state index in [1.54, 1.807) is 4.68 Å². The molecule has 88 valence electrons. The second-order valence-corrected chi connectivity index (χ2v) is 4.24. The van der Waals surface area contributed by atoms with E-state index in [2.05, 4.69) is 15.5 Å². The summed E-state index contributed by atoms with van der Waals surface area (Å²) in [5.41, 5.74) is 0. The SMILES string of the molecule is COC(=O)[C@@H]1CCC[C@H](c2nnnn2C)C1. The number of rotatable bonds is 2. The number of hydrogen-bond acceptors (Lipinski definition) is 5. The summed E-state index contributed by atoms with van der Waals surface area (Å²) in [6.45, 7) is 0. The van der Waals surface area contributed by atoms with Crippen molar-refractivity contribution >= 4 is 5.97 Å². The van der Waals surface area contributed by atoms with Crippen molar-refractivity contribution in [1.29, 1.82) is 0 Å². The first-order valence-electron chi connectivity index (χ1n) is 5.52. The lowest BCUT2D eigenvalue weighted by Crippen LogP contribution is -2.24. The number of hydrogen-bond donors (Lipinski definition) is 0. The smallest absolute Gasteiger partial charge is 0.308 e. The molecule has 6 heteroatoms. The number of nitrogens with zero attached hydrogens (tertiary/aromatic N) is 4. The molecule has 0 saturated heterocycles. The van der Waals surface area contributed by atoms with Crippen LogP contribution in [0.1, 0.15) is 37.4 Å². The summed E-state index contributed by atoms with van der Waals surface area (Å²) in [7, 11) is 3.27. The van der Waals surface area contributed by atoms with E-state index in [4.69, 9.17) is 4.74 Å². The molecule has 6 nitrogen and oxygen atoms in total. The molecular weight excluding hydrogens is 208 g/mol. The molecule has 1 aromatic rings. The monoisotopic (exact) mass is 224 g/mol. The van der Waals surface area contributed by atoms with Crippen molar-refractivity contribution in [3.05, 3.63) is 5.82 Å². The van der Waals surface area contributed by atoms with Gasteiger partial charge in [0.2, 0.25) is 0 Å². The highest BCUT2D eigenvalue weighted by molar-refractivity contribution is 5.72. The fourth-order valence-electron chi connectivity index (χ4n) is 2.39. The number of methoxy groups -OCH3 is 1. The molecule has 0 unspecified atom stereocenters. The number of esters is 1. The molecule has 0 bridgehead atoms. The van der Waals surface area contributed by atoms with E-state index in [1.807, 2.05) is 7.05 Å². The van der Waals surface area contributed by atoms with Crippen LogP contribution in [0, 0.1) is 5.92 Å². The summed E-state index contributed by atoms with van der Waals surface area (Å²) in [6, 6.07) is 0. The normalized spacial score (nSPS) is 25.4. The quantitative estimate of drug-likeness (QED) is 0.690. The van der Waals surface area contributed by atoms with E-state index in [9.17, 15) is 4.79 Å². The van der Waals surface area contributed by atoms with Gasteiger partial charge in [-0.05, 0) is 29.7 Å². The number of carbonyl (C=O) groups excluding carboxylic acids is 1. The van der Waals surface area contributed by atoms with Crippen LogP contribution >= 0.6 is 0 Å². The van der Waals surface area contributed by atoms with Gasteiger partial charge < -0.3 is 4.74 Å². The molecule has 1 aromatic heterocycles. The van der Waals surface area contributed by atoms with Gasteiger partial charge in [-0.2, -0.15) is 0 Å². The number of aryl methyl sites for hydroxylation is 1. The van der Waals surface area contributed by atoms with Gasteiger partial charge in [0.25, 0.3) is 0 Å². The zero-order chi connectivity index (χ0) is 11.5. The summed E-state index contributed by atoms with van der Waals surface area (Å²) in [4.78, 5) is 11.5. The van der Waals surface area contributed by atoms with E-state index in [0.717, 1.165) is 31.5 Å². The fraction of sp³-hybridized carbons (Fsp3) is 0.800. The van der Waals surface area contributed by atoms with Gasteiger partial charge in [-0.15, -0.1) is 5.10 Å². The largest absolute Gasteiger partial charge is 0.469 e. The number of aromatic nitrogens is 4. The van der Waals surface area contributed by atoms with Gasteiger partial charge in [0.1, 0.15) is 0 Å². The van der Waals surface area contributed by atoms with E-state index in [1.165, 1.54) is 7.11 Å². The average Bonchev–Trinajstić information content (AvgIpc) is 2.74. The van der Waals surface area contributed by atoms with Gasteiger partial charge in [0.15, 0.2) is 5.82 Å². The molecule has 0 spiro atoms. The number of tetrazole rings is 1. The Kier molecular flexibility index (Phi) is 3.17. The molecule has 2 rings (SSSR count). The first kappa shape index (κ1) is 11.0. The standard InChI is InChI=1S/C10H16N4O2/c1-14-9(11-12-13-14)7-4-3-5-8(6-7)10(15)16-2/h7-8H,3-6H2,1-2H3/t7-,8+/m0/s1. The van der Waals surface area contributed by atoms with Crippen molar-refractivity contribution in [1.82, 2.24) is 20.2 Å². The molecule has 1 aliphatic rings. The second kappa shape index (κ2) is 4.59. The van der Waals surface area contributed by atoms with Crippen molar-refractivity contribution in [3.8, 4) is 0 Å². The molecule has 16 heavy (non-hydrogen) atoms. The van der Waals surface area contributed by atoms with Crippen LogP contribution in [-0.4, -0.2) is 33.3 Å². The third-order valence-electron chi connectivity index (χ3n) is 3.23. The summed E-state index contributed by atoms with van der Waals surface area (Å²) in [6.07, 6.45) is 3.77. The summed E-state index contributed by atoms with van der Waals surface area (Å²) < 4.78 is 6.47. The zero-order valence-corrected chi connectivity index (χ0v) is 9.59. The molecule has 0 aliphatic heterocycles. The van der Waals surface area contributed by atoms with Gasteiger partial charge in [-0.3, -0.25) is 4.79 Å². The average molecular weight is 224 g/mol. The van der Waals surface area contributed by atoms with E-state index < -0.39 is 0 Å². The molecule has 0 amide bonds. The van der Waals surface area contributed by atoms with Crippen molar-refractivity contribution in [3.63, 3.8) is 0 Å². The van der Waals surface area contributed by atoms with Crippen LogP contribution in [0.15, 0.2) is 0 Å². The maximum absolute atomic E-state index is 11.5. The van der Waals surface area contributed by atoms with Crippen LogP contribution in [0.4, 0.5) is 0 Å². The van der Waals surface area contributed by atoms with Crippen LogP contribution in [-0.2, 0) is 16.6 Å². The fourth-order valence-corrected chi connectivity index (χ4v) is 2.39. The summed E-state index contributed by atoms with van der Waals surface area (Å²) in [5, 5.41) is 11.5. The van der Waals surface area contributed by atoms with Crippen LogP contribution < -0.4 is 0 Å². The third-order valence-corrected chi connectivity index (χ3v) is 3.23. The predicted octanol–water partition coefficient (Wildman–Crippen LogP) is 0.657. The van der Waals surface area contributed by atoms with Gasteiger partial charge in [-0.1, -0.05) is 6.42 Å². The van der Waals surface area contributed by atoms with Crippen molar-refractivity contribution in [2.75, 3.05) is 7.11 Å². The highest BCUT2D eigenvalue weighted by Gasteiger charge is 2.31. The molecule has 2 atom stereocenters. The minimum absolute atomic E-state index is 0.000417. The van der Waals surface area contributed by atoms with Crippen molar-refractivity contribution in [2.45, 2.75) is 31.6 Å². The number of ether oxygens (including phenoxy) is 1. The van der Waals surface area contributed by atoms with Crippen LogP contribution in [0.25, 0.3) is 0 Å². The maximum Gasteiger partial charge on any atom is 0.308 e. The predicted molar refractivity (Wildman–Crippen MR) is 55.5 cm³/mol. The van der Waals surface area contributed by atoms with E-state index in [-0.39, 0.29) is 17.8 Å². The topological polar surface area (TPSA) is 69.9 Å². The minimum Gasteiger partial charge on any atom is -0.469 e. The maximum atomic E-state index is 11.5. The van der Waals surface area contributed by atoms with E-state index in [0.29, 0.717) is 0 Å². The lowest BCUT2D eigenvalue weighted by molar-refractivity contribution is -0.146. The first-order valence-corrected chi connectivity index (χ1v) is 5.52. The lowest BCUT2D eigenvalue weighted by atomic mass is 9.81. The Bertz CT molecular complexity index is 377. The van der Waals surface area contributed by atoms with Gasteiger partial charge >= 0.3 is 5.97 Å². The zero-order valence-electron chi connectivity index (χ0n) is 9.59. The van der Waals surface area contributed by atoms with Crippen molar-refractivity contribution < 1.29 is 9.53 Å². The summed E-state index contributed by atoms with van der Waals surface area (Å²) in [5.74, 6) is 1.03.